The lowest BCUT2D eigenvalue weighted by Crippen LogP contribution is -2.09. The summed E-state index contributed by atoms with van der Waals surface area (Å²) in [5.74, 6) is 3.16. The first-order valence-corrected chi connectivity index (χ1v) is 7.35. The fraction of sp³-hybridized carbons (Fsp3) is 0.750. The van der Waals surface area contributed by atoms with Crippen LogP contribution in [0.25, 0.3) is 0 Å². The Balaban J connectivity index is 2.86. The van der Waals surface area contributed by atoms with Gasteiger partial charge in [-0.15, -0.1) is 0 Å². The number of thioether (sulfide) groups is 1. The molecule has 0 amide bonds. The molecule has 0 aliphatic carbocycles. The van der Waals surface area contributed by atoms with Gasteiger partial charge in [-0.25, -0.2) is 4.98 Å². The maximum atomic E-state index is 6.16. The summed E-state index contributed by atoms with van der Waals surface area (Å²) < 4.78 is 2.16. The van der Waals surface area contributed by atoms with Gasteiger partial charge >= 0.3 is 0 Å². The van der Waals surface area contributed by atoms with Crippen molar-refractivity contribution in [1.29, 1.82) is 0 Å². The molecule has 16 heavy (non-hydrogen) atoms. The molecule has 1 aromatic heterocycles. The van der Waals surface area contributed by atoms with Gasteiger partial charge < -0.3 is 10.3 Å². The fourth-order valence-electron chi connectivity index (χ4n) is 1.94. The Labute approximate surface area is 103 Å². The highest BCUT2D eigenvalue weighted by Gasteiger charge is 2.14. The fourth-order valence-corrected chi connectivity index (χ4v) is 2.37. The van der Waals surface area contributed by atoms with E-state index in [4.69, 9.17) is 5.73 Å². The van der Waals surface area contributed by atoms with E-state index >= 15 is 0 Å². The molecule has 0 spiro atoms. The van der Waals surface area contributed by atoms with Gasteiger partial charge in [0.1, 0.15) is 11.6 Å². The SMILES string of the molecule is CCc1nc(CCCSC)c(N)n1C(C)C. The lowest BCUT2D eigenvalue weighted by molar-refractivity contribution is 0.579. The van der Waals surface area contributed by atoms with Crippen LogP contribution in [0.4, 0.5) is 5.82 Å². The average molecular weight is 241 g/mol. The highest BCUT2D eigenvalue weighted by molar-refractivity contribution is 7.98. The normalized spacial score (nSPS) is 11.3. The molecule has 0 aliphatic rings. The van der Waals surface area contributed by atoms with Gasteiger partial charge in [0.05, 0.1) is 5.69 Å². The molecule has 0 bridgehead atoms. The van der Waals surface area contributed by atoms with Crippen LogP contribution in [0.2, 0.25) is 0 Å². The number of nitrogen functional groups attached to an aromatic ring is 1. The van der Waals surface area contributed by atoms with Crippen LogP contribution in [0, 0.1) is 0 Å². The predicted octanol–water partition coefficient (Wildman–Crippen LogP) is 2.90. The van der Waals surface area contributed by atoms with Crippen LogP contribution in [0.1, 0.15) is 44.8 Å². The van der Waals surface area contributed by atoms with Gasteiger partial charge in [-0.2, -0.15) is 11.8 Å². The van der Waals surface area contributed by atoms with Crippen molar-refractivity contribution in [3.8, 4) is 0 Å². The van der Waals surface area contributed by atoms with Crippen LogP contribution in [-0.4, -0.2) is 21.6 Å². The predicted molar refractivity (Wildman–Crippen MR) is 73.1 cm³/mol. The van der Waals surface area contributed by atoms with Gasteiger partial charge in [0, 0.05) is 12.5 Å². The van der Waals surface area contributed by atoms with E-state index in [1.807, 2.05) is 11.8 Å². The van der Waals surface area contributed by atoms with E-state index in [1.54, 1.807) is 0 Å². The number of imidazole rings is 1. The molecule has 3 nitrogen and oxygen atoms in total. The van der Waals surface area contributed by atoms with E-state index in [-0.39, 0.29) is 0 Å². The topological polar surface area (TPSA) is 43.8 Å². The van der Waals surface area contributed by atoms with Crippen LogP contribution in [0.15, 0.2) is 0 Å². The summed E-state index contributed by atoms with van der Waals surface area (Å²) in [7, 11) is 0. The van der Waals surface area contributed by atoms with E-state index in [0.717, 1.165) is 36.6 Å². The number of hydrogen-bond donors (Lipinski definition) is 1. The van der Waals surface area contributed by atoms with Gasteiger partial charge in [-0.3, -0.25) is 0 Å². The molecule has 0 unspecified atom stereocenters. The van der Waals surface area contributed by atoms with Gasteiger partial charge in [0.15, 0.2) is 0 Å². The minimum atomic E-state index is 0.400. The summed E-state index contributed by atoms with van der Waals surface area (Å²) in [6.07, 6.45) is 5.24. The summed E-state index contributed by atoms with van der Waals surface area (Å²) >= 11 is 1.87. The maximum absolute atomic E-state index is 6.16. The third-order valence-electron chi connectivity index (χ3n) is 2.69. The third-order valence-corrected chi connectivity index (χ3v) is 3.39. The van der Waals surface area contributed by atoms with Crippen molar-refractivity contribution in [2.24, 2.45) is 0 Å². The molecule has 2 N–H and O–H groups in total. The monoisotopic (exact) mass is 241 g/mol. The van der Waals surface area contributed by atoms with Crippen molar-refractivity contribution in [1.82, 2.24) is 9.55 Å². The van der Waals surface area contributed by atoms with Crippen molar-refractivity contribution in [3.05, 3.63) is 11.5 Å². The summed E-state index contributed by atoms with van der Waals surface area (Å²) in [5, 5.41) is 0. The Kier molecular flexibility index (Phi) is 5.19. The number of anilines is 1. The standard InChI is InChI=1S/C12H23N3S/c1-5-11-14-10(7-6-8-16-4)12(13)15(11)9(2)3/h9H,5-8,13H2,1-4H3. The third kappa shape index (κ3) is 2.94. The molecule has 4 heteroatoms. The van der Waals surface area contributed by atoms with E-state index in [0.29, 0.717) is 6.04 Å². The Morgan fingerprint density at radius 2 is 2.12 bits per heavy atom. The first-order valence-electron chi connectivity index (χ1n) is 5.96. The van der Waals surface area contributed by atoms with E-state index < -0.39 is 0 Å². The first kappa shape index (κ1) is 13.4. The molecule has 0 fully saturated rings. The minimum Gasteiger partial charge on any atom is -0.384 e. The quantitative estimate of drug-likeness (QED) is 0.779. The molecule has 1 heterocycles. The molecule has 0 saturated carbocycles. The molecule has 1 rings (SSSR count). The smallest absolute Gasteiger partial charge is 0.127 e. The molecular formula is C12H23N3S. The lowest BCUT2D eigenvalue weighted by Gasteiger charge is -2.12. The van der Waals surface area contributed by atoms with Crippen LogP contribution in [-0.2, 0) is 12.8 Å². The molecule has 0 aliphatic heterocycles. The second-order valence-electron chi connectivity index (χ2n) is 4.27. The Bertz CT molecular complexity index is 331. The zero-order valence-electron chi connectivity index (χ0n) is 10.8. The van der Waals surface area contributed by atoms with Crippen LogP contribution >= 0.6 is 11.8 Å². The largest absolute Gasteiger partial charge is 0.384 e. The Morgan fingerprint density at radius 3 is 2.56 bits per heavy atom. The second kappa shape index (κ2) is 6.18. The van der Waals surface area contributed by atoms with Gasteiger partial charge in [0.25, 0.3) is 0 Å². The lowest BCUT2D eigenvalue weighted by atomic mass is 10.2. The van der Waals surface area contributed by atoms with Gasteiger partial charge in [-0.05, 0) is 38.7 Å². The number of rotatable bonds is 6. The molecular weight excluding hydrogens is 218 g/mol. The molecule has 0 atom stereocenters. The number of nitrogens with two attached hydrogens (primary N) is 1. The average Bonchev–Trinajstić information content (AvgIpc) is 2.56. The second-order valence-corrected chi connectivity index (χ2v) is 5.26. The zero-order chi connectivity index (χ0) is 12.1. The van der Waals surface area contributed by atoms with Crippen molar-refractivity contribution >= 4 is 17.6 Å². The van der Waals surface area contributed by atoms with Gasteiger partial charge in [-0.1, -0.05) is 6.92 Å². The van der Waals surface area contributed by atoms with Gasteiger partial charge in [0.2, 0.25) is 0 Å². The molecule has 0 aromatic carbocycles. The Morgan fingerprint density at radius 1 is 1.44 bits per heavy atom. The van der Waals surface area contributed by atoms with Crippen molar-refractivity contribution in [3.63, 3.8) is 0 Å². The highest BCUT2D eigenvalue weighted by Crippen LogP contribution is 2.22. The van der Waals surface area contributed by atoms with E-state index in [2.05, 4.69) is 36.6 Å². The summed E-state index contributed by atoms with van der Waals surface area (Å²) in [4.78, 5) is 4.65. The Hall–Kier alpha value is -0.640. The van der Waals surface area contributed by atoms with Crippen LogP contribution in [0.3, 0.4) is 0 Å². The summed E-state index contributed by atoms with van der Waals surface area (Å²) in [6.45, 7) is 6.44. The van der Waals surface area contributed by atoms with E-state index in [1.165, 1.54) is 5.75 Å². The summed E-state index contributed by atoms with van der Waals surface area (Å²) in [6, 6.07) is 0.400. The number of aryl methyl sites for hydroxylation is 2. The molecule has 1 aromatic rings. The van der Waals surface area contributed by atoms with Crippen LogP contribution < -0.4 is 5.73 Å². The number of nitrogens with zero attached hydrogens (tertiary/aromatic N) is 2. The zero-order valence-corrected chi connectivity index (χ0v) is 11.6. The van der Waals surface area contributed by atoms with Crippen molar-refractivity contribution in [2.45, 2.75) is 46.1 Å². The maximum Gasteiger partial charge on any atom is 0.127 e. The number of hydrogen-bond acceptors (Lipinski definition) is 3. The first-order chi connectivity index (χ1) is 7.61. The van der Waals surface area contributed by atoms with E-state index in [9.17, 15) is 0 Å². The van der Waals surface area contributed by atoms with Crippen molar-refractivity contribution < 1.29 is 0 Å². The molecule has 0 radical (unpaired) electrons. The summed E-state index contributed by atoms with van der Waals surface area (Å²) in [5.41, 5.74) is 7.24. The molecule has 92 valence electrons. The number of aromatic nitrogens is 2. The molecule has 0 saturated heterocycles. The van der Waals surface area contributed by atoms with Crippen LogP contribution in [0.5, 0.6) is 0 Å². The van der Waals surface area contributed by atoms with Crippen molar-refractivity contribution in [2.75, 3.05) is 17.7 Å². The minimum absolute atomic E-state index is 0.400. The highest BCUT2D eigenvalue weighted by atomic mass is 32.2.